The third-order valence-electron chi connectivity index (χ3n) is 6.23. The molecule has 2 unspecified atom stereocenters. The highest BCUT2D eigenvalue weighted by Crippen LogP contribution is 2.62. The molecule has 2 saturated carbocycles. The molecule has 0 radical (unpaired) electrons. The van der Waals surface area contributed by atoms with Gasteiger partial charge in [-0.05, 0) is 56.0 Å². The third kappa shape index (κ3) is 2.58. The Labute approximate surface area is 120 Å². The Hall–Kier alpha value is -0.0800. The molecule has 2 fully saturated rings. The molecule has 0 heterocycles. The smallest absolute Gasteiger partial charge is 0.0237 e. The largest absolute Gasteiger partial charge is 0.311 e. The van der Waals surface area contributed by atoms with Crippen LogP contribution in [0.3, 0.4) is 0 Å². The number of nitrogens with zero attached hydrogens (tertiary/aromatic N) is 1. The summed E-state index contributed by atoms with van der Waals surface area (Å²) >= 11 is 0. The first kappa shape index (κ1) is 15.3. The molecule has 2 nitrogen and oxygen atoms in total. The number of hydrogen-bond acceptors (Lipinski definition) is 2. The van der Waals surface area contributed by atoms with Crippen LogP contribution in [-0.2, 0) is 0 Å². The summed E-state index contributed by atoms with van der Waals surface area (Å²) in [6.07, 6.45) is 4.31. The lowest BCUT2D eigenvalue weighted by molar-refractivity contribution is 0.0966. The summed E-state index contributed by atoms with van der Waals surface area (Å²) in [6.45, 7) is 13.3. The summed E-state index contributed by atoms with van der Waals surface area (Å²) in [6, 6.07) is 1.33. The highest BCUT2D eigenvalue weighted by atomic mass is 15.1. The van der Waals surface area contributed by atoms with Crippen LogP contribution in [0.2, 0.25) is 0 Å². The summed E-state index contributed by atoms with van der Waals surface area (Å²) < 4.78 is 0. The van der Waals surface area contributed by atoms with Crippen LogP contribution in [0.15, 0.2) is 0 Å². The minimum atomic E-state index is 0.473. The van der Waals surface area contributed by atoms with Crippen molar-refractivity contribution >= 4 is 0 Å². The SMILES string of the molecule is CC(C)C(CNC1C(C)(C)[C@H]2CC[C@]1(C)C2)N(C)C. The Morgan fingerprint density at radius 2 is 1.84 bits per heavy atom. The highest BCUT2D eigenvalue weighted by molar-refractivity contribution is 5.12. The van der Waals surface area contributed by atoms with Crippen LogP contribution < -0.4 is 5.32 Å². The van der Waals surface area contributed by atoms with Crippen LogP contribution in [0.1, 0.15) is 53.9 Å². The molecule has 2 rings (SSSR count). The predicted octanol–water partition coefficient (Wildman–Crippen LogP) is 3.38. The van der Waals surface area contributed by atoms with Crippen molar-refractivity contribution in [1.82, 2.24) is 10.2 Å². The zero-order valence-electron chi connectivity index (χ0n) is 14.1. The van der Waals surface area contributed by atoms with Gasteiger partial charge in [-0.25, -0.2) is 0 Å². The van der Waals surface area contributed by atoms with Gasteiger partial charge in [0.15, 0.2) is 0 Å². The van der Waals surface area contributed by atoms with Gasteiger partial charge in [-0.15, -0.1) is 0 Å². The van der Waals surface area contributed by atoms with Crippen LogP contribution in [-0.4, -0.2) is 37.6 Å². The summed E-state index contributed by atoms with van der Waals surface area (Å²) in [4.78, 5) is 2.38. The van der Waals surface area contributed by atoms with E-state index in [9.17, 15) is 0 Å². The molecule has 0 saturated heterocycles. The molecule has 0 amide bonds. The van der Waals surface area contributed by atoms with E-state index in [1.807, 2.05) is 0 Å². The van der Waals surface area contributed by atoms with E-state index in [4.69, 9.17) is 0 Å². The van der Waals surface area contributed by atoms with Gasteiger partial charge in [0.1, 0.15) is 0 Å². The molecule has 0 aromatic carbocycles. The van der Waals surface area contributed by atoms with Crippen molar-refractivity contribution in [2.75, 3.05) is 20.6 Å². The van der Waals surface area contributed by atoms with E-state index in [1.54, 1.807) is 0 Å². The molecule has 4 atom stereocenters. The maximum atomic E-state index is 3.96. The van der Waals surface area contributed by atoms with Gasteiger partial charge < -0.3 is 10.2 Å². The fourth-order valence-electron chi connectivity index (χ4n) is 5.06. The van der Waals surface area contributed by atoms with Crippen LogP contribution in [0.25, 0.3) is 0 Å². The van der Waals surface area contributed by atoms with Crippen LogP contribution >= 0.6 is 0 Å². The molecule has 2 aliphatic carbocycles. The van der Waals surface area contributed by atoms with Crippen LogP contribution in [0.5, 0.6) is 0 Å². The zero-order valence-corrected chi connectivity index (χ0v) is 14.1. The molecular weight excluding hydrogens is 232 g/mol. The minimum Gasteiger partial charge on any atom is -0.311 e. The first-order chi connectivity index (χ1) is 8.68. The van der Waals surface area contributed by atoms with Gasteiger partial charge in [-0.3, -0.25) is 0 Å². The molecule has 0 spiro atoms. The molecule has 19 heavy (non-hydrogen) atoms. The number of nitrogens with one attached hydrogen (secondary N) is 1. The zero-order chi connectivity index (χ0) is 14.4. The fraction of sp³-hybridized carbons (Fsp3) is 1.00. The molecule has 1 N–H and O–H groups in total. The second-order valence-electron chi connectivity index (χ2n) is 8.53. The van der Waals surface area contributed by atoms with Crippen molar-refractivity contribution in [1.29, 1.82) is 0 Å². The lowest BCUT2D eigenvalue weighted by atomic mass is 9.68. The van der Waals surface area contributed by atoms with E-state index in [-0.39, 0.29) is 0 Å². The number of rotatable bonds is 5. The Morgan fingerprint density at radius 1 is 1.21 bits per heavy atom. The second kappa shape index (κ2) is 5.04. The normalized spacial score (nSPS) is 38.4. The first-order valence-corrected chi connectivity index (χ1v) is 8.08. The van der Waals surface area contributed by atoms with Crippen molar-refractivity contribution < 1.29 is 0 Å². The fourth-order valence-corrected chi connectivity index (χ4v) is 5.06. The summed E-state index contributed by atoms with van der Waals surface area (Å²) in [5.41, 5.74) is 1.02. The quantitative estimate of drug-likeness (QED) is 0.820. The Morgan fingerprint density at radius 3 is 2.26 bits per heavy atom. The average Bonchev–Trinajstić information content (AvgIpc) is 2.73. The molecule has 2 heteroatoms. The minimum absolute atomic E-state index is 0.473. The van der Waals surface area contributed by atoms with Crippen molar-refractivity contribution in [2.24, 2.45) is 22.7 Å². The van der Waals surface area contributed by atoms with Gasteiger partial charge in [-0.1, -0.05) is 34.6 Å². The molecule has 2 aliphatic rings. The van der Waals surface area contributed by atoms with Gasteiger partial charge in [0, 0.05) is 18.6 Å². The topological polar surface area (TPSA) is 15.3 Å². The lowest BCUT2D eigenvalue weighted by Crippen LogP contribution is -2.54. The van der Waals surface area contributed by atoms with E-state index in [0.29, 0.717) is 28.8 Å². The molecule has 0 aromatic rings. The van der Waals surface area contributed by atoms with Gasteiger partial charge in [-0.2, -0.15) is 0 Å². The van der Waals surface area contributed by atoms with Crippen molar-refractivity contribution in [3.05, 3.63) is 0 Å². The van der Waals surface area contributed by atoms with Crippen molar-refractivity contribution in [3.8, 4) is 0 Å². The Kier molecular flexibility index (Phi) is 4.06. The second-order valence-corrected chi connectivity index (χ2v) is 8.53. The maximum Gasteiger partial charge on any atom is 0.0237 e. The molecule has 2 bridgehead atoms. The van der Waals surface area contributed by atoms with E-state index in [1.165, 1.54) is 19.3 Å². The van der Waals surface area contributed by atoms with E-state index in [2.05, 4.69) is 58.9 Å². The van der Waals surface area contributed by atoms with E-state index in [0.717, 1.165) is 12.5 Å². The molecule has 112 valence electrons. The van der Waals surface area contributed by atoms with Gasteiger partial charge in [0.05, 0.1) is 0 Å². The highest BCUT2D eigenvalue weighted by Gasteiger charge is 2.58. The van der Waals surface area contributed by atoms with Gasteiger partial charge in [0.25, 0.3) is 0 Å². The number of fused-ring (bicyclic) bond motifs is 2. The van der Waals surface area contributed by atoms with Gasteiger partial charge >= 0.3 is 0 Å². The third-order valence-corrected chi connectivity index (χ3v) is 6.23. The van der Waals surface area contributed by atoms with Crippen molar-refractivity contribution in [2.45, 2.75) is 66.0 Å². The van der Waals surface area contributed by atoms with Gasteiger partial charge in [0.2, 0.25) is 0 Å². The van der Waals surface area contributed by atoms with Crippen LogP contribution in [0.4, 0.5) is 0 Å². The molecule has 0 aliphatic heterocycles. The van der Waals surface area contributed by atoms with Crippen molar-refractivity contribution in [3.63, 3.8) is 0 Å². The number of hydrogen-bond donors (Lipinski definition) is 1. The molecular formula is C17H34N2. The summed E-state index contributed by atoms with van der Waals surface area (Å²) in [5.74, 6) is 1.64. The summed E-state index contributed by atoms with van der Waals surface area (Å²) in [5, 5.41) is 3.96. The summed E-state index contributed by atoms with van der Waals surface area (Å²) in [7, 11) is 4.42. The number of likely N-dealkylation sites (N-methyl/N-ethyl adjacent to an activating group) is 1. The first-order valence-electron chi connectivity index (χ1n) is 8.08. The Bertz CT molecular complexity index is 308. The lowest BCUT2D eigenvalue weighted by Gasteiger charge is -2.44. The monoisotopic (exact) mass is 266 g/mol. The average molecular weight is 266 g/mol. The van der Waals surface area contributed by atoms with Crippen LogP contribution in [0, 0.1) is 22.7 Å². The predicted molar refractivity (Wildman–Crippen MR) is 83.3 cm³/mol. The van der Waals surface area contributed by atoms with E-state index >= 15 is 0 Å². The molecule has 0 aromatic heterocycles. The van der Waals surface area contributed by atoms with E-state index < -0.39 is 0 Å². The maximum absolute atomic E-state index is 3.96. The Balaban J connectivity index is 2.03. The standard InChI is InChI=1S/C17H34N2/c1-12(2)14(19(6)7)11-18-15-16(3,4)13-8-9-17(15,5)10-13/h12-15,18H,8-11H2,1-7H3/t13-,14?,15?,17+/m0/s1.